The first kappa shape index (κ1) is 20.6. The fourth-order valence-corrected chi connectivity index (χ4v) is 4.92. The minimum atomic E-state index is -0.415. The van der Waals surface area contributed by atoms with Crippen LogP contribution in [0.1, 0.15) is 44.6 Å². The summed E-state index contributed by atoms with van der Waals surface area (Å²) >= 11 is 0. The van der Waals surface area contributed by atoms with Crippen LogP contribution in [-0.2, 0) is 16.0 Å². The molecule has 1 aliphatic carbocycles. The topological polar surface area (TPSA) is 53.5 Å². The minimum Gasteiger partial charge on any atom is -0.339 e. The molecule has 1 unspecified atom stereocenters. The highest BCUT2D eigenvalue weighted by Crippen LogP contribution is 2.30. The van der Waals surface area contributed by atoms with Crippen molar-refractivity contribution in [3.05, 3.63) is 54.4 Å². The Kier molecular flexibility index (Phi) is 6.46. The van der Waals surface area contributed by atoms with Gasteiger partial charge < -0.3 is 9.80 Å². The molecule has 0 bridgehead atoms. The quantitative estimate of drug-likeness (QED) is 0.732. The van der Waals surface area contributed by atoms with Crippen LogP contribution in [0.3, 0.4) is 0 Å². The Morgan fingerprint density at radius 1 is 1.07 bits per heavy atom. The summed E-state index contributed by atoms with van der Waals surface area (Å²) in [4.78, 5) is 34.7. The lowest BCUT2D eigenvalue weighted by molar-refractivity contribution is -0.153. The summed E-state index contributed by atoms with van der Waals surface area (Å²) in [6.07, 6.45) is 9.22. The Morgan fingerprint density at radius 3 is 2.53 bits per heavy atom. The maximum absolute atomic E-state index is 13.4. The zero-order valence-corrected chi connectivity index (χ0v) is 17.8. The number of pyridine rings is 1. The molecule has 30 heavy (non-hydrogen) atoms. The van der Waals surface area contributed by atoms with Gasteiger partial charge in [0.1, 0.15) is 6.04 Å². The van der Waals surface area contributed by atoms with E-state index in [1.54, 1.807) is 12.4 Å². The van der Waals surface area contributed by atoms with Gasteiger partial charge in [-0.3, -0.25) is 14.6 Å². The molecular weight excluding hydrogens is 374 g/mol. The standard InChI is InChI=1S/C25H31N3O2/c1-2-15-27-16-17-28(24(29)20-7-3-4-8-20)23(25(27)30)18-21-9-5-6-10-22(21)19-11-13-26-14-12-19/h5-6,9-14,20,23H,2-4,7-8,15-18H2,1H3. The van der Waals surface area contributed by atoms with Gasteiger partial charge in [0.25, 0.3) is 0 Å². The molecule has 1 aromatic heterocycles. The van der Waals surface area contributed by atoms with Crippen molar-refractivity contribution in [1.29, 1.82) is 0 Å². The van der Waals surface area contributed by atoms with Gasteiger partial charge in [-0.1, -0.05) is 44.0 Å². The molecule has 0 N–H and O–H groups in total. The van der Waals surface area contributed by atoms with Crippen molar-refractivity contribution in [2.75, 3.05) is 19.6 Å². The molecule has 2 aromatic rings. The first-order chi connectivity index (χ1) is 14.7. The number of carbonyl (C=O) groups excluding carboxylic acids is 2. The second-order valence-corrected chi connectivity index (χ2v) is 8.45. The molecule has 1 atom stereocenters. The predicted octanol–water partition coefficient (Wildman–Crippen LogP) is 3.93. The van der Waals surface area contributed by atoms with Gasteiger partial charge in [-0.2, -0.15) is 0 Å². The largest absolute Gasteiger partial charge is 0.339 e. The molecule has 2 amide bonds. The van der Waals surface area contributed by atoms with Gasteiger partial charge in [0, 0.05) is 44.4 Å². The van der Waals surface area contributed by atoms with Gasteiger partial charge in [-0.25, -0.2) is 0 Å². The van der Waals surface area contributed by atoms with Crippen LogP contribution in [0, 0.1) is 5.92 Å². The molecule has 1 aliphatic heterocycles. The minimum absolute atomic E-state index is 0.0912. The molecular formula is C25H31N3O2. The highest BCUT2D eigenvalue weighted by molar-refractivity contribution is 5.90. The van der Waals surface area contributed by atoms with E-state index in [-0.39, 0.29) is 17.7 Å². The Labute approximate surface area is 179 Å². The second-order valence-electron chi connectivity index (χ2n) is 8.45. The third-order valence-corrected chi connectivity index (χ3v) is 6.49. The van der Waals surface area contributed by atoms with Crippen molar-refractivity contribution >= 4 is 11.8 Å². The number of piperazine rings is 1. The van der Waals surface area contributed by atoms with Crippen LogP contribution in [0.25, 0.3) is 11.1 Å². The van der Waals surface area contributed by atoms with E-state index in [2.05, 4.69) is 24.0 Å². The normalized spacial score (nSPS) is 20.0. The van der Waals surface area contributed by atoms with Gasteiger partial charge in [0.15, 0.2) is 0 Å². The van der Waals surface area contributed by atoms with Gasteiger partial charge in [-0.05, 0) is 48.1 Å². The second kappa shape index (κ2) is 9.41. The monoisotopic (exact) mass is 405 g/mol. The first-order valence-electron chi connectivity index (χ1n) is 11.3. The van der Waals surface area contributed by atoms with Crippen LogP contribution >= 0.6 is 0 Å². The van der Waals surface area contributed by atoms with E-state index in [9.17, 15) is 9.59 Å². The Bertz CT molecular complexity index is 877. The van der Waals surface area contributed by atoms with Crippen molar-refractivity contribution in [3.63, 3.8) is 0 Å². The number of rotatable bonds is 6. The summed E-state index contributed by atoms with van der Waals surface area (Å²) in [5.41, 5.74) is 3.29. The molecule has 2 heterocycles. The number of hydrogen-bond donors (Lipinski definition) is 0. The molecule has 1 saturated carbocycles. The van der Waals surface area contributed by atoms with Crippen LogP contribution in [0.2, 0.25) is 0 Å². The Morgan fingerprint density at radius 2 is 1.80 bits per heavy atom. The van der Waals surface area contributed by atoms with E-state index >= 15 is 0 Å². The van der Waals surface area contributed by atoms with Crippen LogP contribution in [0.5, 0.6) is 0 Å². The van der Waals surface area contributed by atoms with E-state index < -0.39 is 6.04 Å². The molecule has 0 radical (unpaired) electrons. The summed E-state index contributed by atoms with van der Waals surface area (Å²) in [7, 11) is 0. The van der Waals surface area contributed by atoms with Crippen molar-refractivity contribution in [2.24, 2.45) is 5.92 Å². The maximum Gasteiger partial charge on any atom is 0.245 e. The molecule has 5 heteroatoms. The van der Waals surface area contributed by atoms with Crippen molar-refractivity contribution in [2.45, 2.75) is 51.5 Å². The van der Waals surface area contributed by atoms with E-state index in [1.807, 2.05) is 34.1 Å². The van der Waals surface area contributed by atoms with Crippen molar-refractivity contribution in [1.82, 2.24) is 14.8 Å². The lowest BCUT2D eigenvalue weighted by atomic mass is 9.92. The molecule has 5 nitrogen and oxygen atoms in total. The fraction of sp³-hybridized carbons (Fsp3) is 0.480. The number of carbonyl (C=O) groups is 2. The number of benzene rings is 1. The smallest absolute Gasteiger partial charge is 0.245 e. The van der Waals surface area contributed by atoms with E-state index in [1.165, 1.54) is 0 Å². The van der Waals surface area contributed by atoms with Crippen molar-refractivity contribution in [3.8, 4) is 11.1 Å². The van der Waals surface area contributed by atoms with Crippen LogP contribution in [-0.4, -0.2) is 52.3 Å². The highest BCUT2D eigenvalue weighted by atomic mass is 16.2. The summed E-state index contributed by atoms with van der Waals surface area (Å²) in [6, 6.07) is 11.8. The lowest BCUT2D eigenvalue weighted by Crippen LogP contribution is -2.60. The maximum atomic E-state index is 13.4. The van der Waals surface area contributed by atoms with Crippen LogP contribution in [0.4, 0.5) is 0 Å². The van der Waals surface area contributed by atoms with Crippen molar-refractivity contribution < 1.29 is 9.59 Å². The van der Waals surface area contributed by atoms with Gasteiger partial charge in [0.05, 0.1) is 0 Å². The summed E-state index contributed by atoms with van der Waals surface area (Å²) in [5, 5.41) is 0. The third kappa shape index (κ3) is 4.25. The molecule has 158 valence electrons. The zero-order valence-electron chi connectivity index (χ0n) is 17.8. The fourth-order valence-electron chi connectivity index (χ4n) is 4.92. The molecule has 2 aliphatic rings. The Hall–Kier alpha value is -2.69. The molecule has 2 fully saturated rings. The van der Waals surface area contributed by atoms with Gasteiger partial charge in [-0.15, -0.1) is 0 Å². The first-order valence-corrected chi connectivity index (χ1v) is 11.3. The lowest BCUT2D eigenvalue weighted by Gasteiger charge is -2.42. The zero-order chi connectivity index (χ0) is 20.9. The Balaban J connectivity index is 1.64. The molecule has 1 saturated heterocycles. The van der Waals surface area contributed by atoms with Crippen LogP contribution < -0.4 is 0 Å². The molecule has 1 aromatic carbocycles. The molecule has 4 rings (SSSR count). The van der Waals surface area contributed by atoms with Crippen LogP contribution in [0.15, 0.2) is 48.8 Å². The predicted molar refractivity (Wildman–Crippen MR) is 118 cm³/mol. The number of aromatic nitrogens is 1. The SMILES string of the molecule is CCCN1CCN(C(=O)C2CCCC2)C(Cc2ccccc2-c2ccncc2)C1=O. The number of hydrogen-bond acceptors (Lipinski definition) is 3. The average Bonchev–Trinajstić information content (AvgIpc) is 3.32. The highest BCUT2D eigenvalue weighted by Gasteiger charge is 2.40. The van der Waals surface area contributed by atoms with E-state index in [0.29, 0.717) is 19.5 Å². The van der Waals surface area contributed by atoms with E-state index in [4.69, 9.17) is 0 Å². The van der Waals surface area contributed by atoms with E-state index in [0.717, 1.165) is 55.3 Å². The molecule has 0 spiro atoms. The summed E-state index contributed by atoms with van der Waals surface area (Å²) in [6.45, 7) is 4.14. The van der Waals surface area contributed by atoms with Gasteiger partial charge >= 0.3 is 0 Å². The summed E-state index contributed by atoms with van der Waals surface area (Å²) < 4.78 is 0. The number of nitrogens with zero attached hydrogens (tertiary/aromatic N) is 3. The number of amides is 2. The van der Waals surface area contributed by atoms with Gasteiger partial charge in [0.2, 0.25) is 11.8 Å². The third-order valence-electron chi connectivity index (χ3n) is 6.49. The summed E-state index contributed by atoms with van der Waals surface area (Å²) in [5.74, 6) is 0.371. The average molecular weight is 406 g/mol.